The van der Waals surface area contributed by atoms with Crippen LogP contribution >= 0.6 is 0 Å². The molecule has 8 heteroatoms. The minimum atomic E-state index is -0.524. The average molecular weight is 357 g/mol. The number of hydrogen-bond donors (Lipinski definition) is 2. The van der Waals surface area contributed by atoms with Gasteiger partial charge in [0.1, 0.15) is 0 Å². The number of likely N-dealkylation sites (N-methyl/N-ethyl adjacent to an activating group) is 1. The van der Waals surface area contributed by atoms with Gasteiger partial charge in [0.2, 0.25) is 11.7 Å². The molecule has 1 aliphatic rings. The van der Waals surface area contributed by atoms with Crippen LogP contribution in [0.3, 0.4) is 0 Å². The Labute approximate surface area is 151 Å². The van der Waals surface area contributed by atoms with Gasteiger partial charge in [-0.25, -0.2) is 4.98 Å². The zero-order chi connectivity index (χ0) is 19.2. The van der Waals surface area contributed by atoms with Crippen LogP contribution in [0.4, 0.5) is 5.95 Å². The van der Waals surface area contributed by atoms with Gasteiger partial charge in [0, 0.05) is 21.0 Å². The molecule has 1 unspecified atom stereocenters. The molecule has 1 atom stereocenters. The molecule has 1 amide bonds. The molecule has 0 radical (unpaired) electrons. The number of H-pyrrole nitrogens is 1. The summed E-state index contributed by atoms with van der Waals surface area (Å²) in [6.45, 7) is 7.11. The summed E-state index contributed by atoms with van der Waals surface area (Å²) >= 11 is 0. The number of amides is 1. The van der Waals surface area contributed by atoms with Gasteiger partial charge >= 0.3 is 5.97 Å². The van der Waals surface area contributed by atoms with Gasteiger partial charge in [-0.3, -0.25) is 9.59 Å². The normalized spacial score (nSPS) is 17.9. The molecule has 1 aromatic carbocycles. The van der Waals surface area contributed by atoms with Crippen molar-refractivity contribution in [1.82, 2.24) is 19.8 Å². The van der Waals surface area contributed by atoms with Crippen molar-refractivity contribution >= 4 is 28.9 Å². The summed E-state index contributed by atoms with van der Waals surface area (Å²) in [6.07, 6.45) is -0.468. The molecule has 2 aromatic rings. The van der Waals surface area contributed by atoms with Crippen molar-refractivity contribution < 1.29 is 14.3 Å². The summed E-state index contributed by atoms with van der Waals surface area (Å²) in [6, 6.07) is 4.07. The summed E-state index contributed by atoms with van der Waals surface area (Å²) in [5.74, 6) is -0.290. The Balaban J connectivity index is 1.91. The summed E-state index contributed by atoms with van der Waals surface area (Å²) in [4.78, 5) is 34.9. The first-order chi connectivity index (χ1) is 12.2. The van der Waals surface area contributed by atoms with Crippen molar-refractivity contribution in [2.24, 2.45) is 0 Å². The predicted molar refractivity (Wildman–Crippen MR) is 98.0 cm³/mol. The third kappa shape index (κ3) is 2.98. The molecule has 8 nitrogen and oxygen atoms in total. The van der Waals surface area contributed by atoms with Crippen molar-refractivity contribution in [3.63, 3.8) is 0 Å². The van der Waals surface area contributed by atoms with Crippen molar-refractivity contribution in [2.45, 2.75) is 34.0 Å². The molecule has 2 N–H and O–H groups in total. The zero-order valence-corrected chi connectivity index (χ0v) is 15.8. The van der Waals surface area contributed by atoms with Crippen LogP contribution in [0.2, 0.25) is 0 Å². The van der Waals surface area contributed by atoms with E-state index < -0.39 is 12.3 Å². The molecule has 0 saturated heterocycles. The van der Waals surface area contributed by atoms with E-state index in [-0.39, 0.29) is 11.7 Å². The molecule has 0 aliphatic carbocycles. The molecule has 0 spiro atoms. The van der Waals surface area contributed by atoms with Crippen LogP contribution in [0.25, 0.3) is 11.0 Å². The largest absolute Gasteiger partial charge is 0.419 e. The zero-order valence-electron chi connectivity index (χ0n) is 15.8. The number of esters is 1. The molecule has 0 saturated carbocycles. The predicted octanol–water partition coefficient (Wildman–Crippen LogP) is 2.07. The van der Waals surface area contributed by atoms with Crippen molar-refractivity contribution in [2.75, 3.05) is 19.4 Å². The maximum atomic E-state index is 12.6. The number of ether oxygens (including phenoxy) is 1. The van der Waals surface area contributed by atoms with Gasteiger partial charge < -0.3 is 24.8 Å². The highest BCUT2D eigenvalue weighted by Gasteiger charge is 2.36. The highest BCUT2D eigenvalue weighted by atomic mass is 16.5. The fourth-order valence-corrected chi connectivity index (χ4v) is 2.94. The molecule has 0 bridgehead atoms. The number of allylic oxidation sites excluding steroid dienone is 1. The molecule has 1 aliphatic heterocycles. The lowest BCUT2D eigenvalue weighted by Crippen LogP contribution is -2.56. The Kier molecular flexibility index (Phi) is 4.35. The van der Waals surface area contributed by atoms with E-state index in [0.29, 0.717) is 11.6 Å². The lowest BCUT2D eigenvalue weighted by Gasteiger charge is -2.41. The number of aromatic nitrogens is 2. The number of nitrogens with one attached hydrogen (secondary N) is 2. The van der Waals surface area contributed by atoms with E-state index in [2.05, 4.69) is 22.2 Å². The molecular formula is C18H23N5O3. The van der Waals surface area contributed by atoms with E-state index in [4.69, 9.17) is 4.74 Å². The summed E-state index contributed by atoms with van der Waals surface area (Å²) in [5, 5.41) is 3.23. The number of rotatable bonds is 3. The number of imidazole rings is 1. The Morgan fingerprint density at radius 1 is 1.19 bits per heavy atom. The maximum Gasteiger partial charge on any atom is 0.308 e. The number of benzene rings is 1. The molecule has 26 heavy (non-hydrogen) atoms. The number of nitrogens with zero attached hydrogens (tertiary/aromatic N) is 3. The van der Waals surface area contributed by atoms with Gasteiger partial charge in [-0.05, 0) is 44.0 Å². The average Bonchev–Trinajstić information content (AvgIpc) is 2.95. The van der Waals surface area contributed by atoms with E-state index >= 15 is 0 Å². The number of hydrogen-bond acceptors (Lipinski definition) is 6. The second-order valence-corrected chi connectivity index (χ2v) is 6.59. The van der Waals surface area contributed by atoms with Gasteiger partial charge in [-0.1, -0.05) is 0 Å². The van der Waals surface area contributed by atoms with Gasteiger partial charge in [-0.15, -0.1) is 0 Å². The van der Waals surface area contributed by atoms with Crippen LogP contribution < -0.4 is 5.32 Å². The molecule has 2 heterocycles. The third-order valence-corrected chi connectivity index (χ3v) is 4.71. The van der Waals surface area contributed by atoms with Gasteiger partial charge in [0.25, 0.3) is 5.91 Å². The summed E-state index contributed by atoms with van der Waals surface area (Å²) < 4.78 is 5.09. The number of anilines is 1. The first-order valence-corrected chi connectivity index (χ1v) is 8.32. The monoisotopic (exact) mass is 357 g/mol. The minimum absolute atomic E-state index is 0.0383. The smallest absolute Gasteiger partial charge is 0.308 e. The third-order valence-electron chi connectivity index (χ3n) is 4.71. The number of fused-ring (bicyclic) bond motifs is 1. The summed E-state index contributed by atoms with van der Waals surface area (Å²) in [7, 11) is 3.46. The van der Waals surface area contributed by atoms with Crippen LogP contribution in [0.1, 0.15) is 25.0 Å². The summed E-state index contributed by atoms with van der Waals surface area (Å²) in [5.41, 5.74) is 4.71. The lowest BCUT2D eigenvalue weighted by molar-refractivity contribution is -0.147. The Bertz CT molecular complexity index is 891. The minimum Gasteiger partial charge on any atom is -0.419 e. The molecule has 1 aromatic heterocycles. The number of aryl methyl sites for hydroxylation is 2. The van der Waals surface area contributed by atoms with Gasteiger partial charge in [0.15, 0.2) is 6.29 Å². The number of carbonyl (C=O) groups is 2. The van der Waals surface area contributed by atoms with Crippen LogP contribution in [0, 0.1) is 13.8 Å². The second kappa shape index (κ2) is 6.36. The van der Waals surface area contributed by atoms with E-state index in [0.717, 1.165) is 11.0 Å². The fourth-order valence-electron chi connectivity index (χ4n) is 2.94. The fraction of sp³-hybridized carbons (Fsp3) is 0.389. The highest BCUT2D eigenvalue weighted by molar-refractivity contribution is 5.95. The quantitative estimate of drug-likeness (QED) is 0.818. The SMILES string of the molecule is CC(=O)OC1=C(C)N(C)C(Nc2nc3cc(C)c(C)cc3[nH]2)N(C)C1=O. The van der Waals surface area contributed by atoms with Crippen LogP contribution in [-0.2, 0) is 14.3 Å². The first-order valence-electron chi connectivity index (χ1n) is 8.32. The lowest BCUT2D eigenvalue weighted by atomic mass is 10.1. The number of carbonyl (C=O) groups excluding carboxylic acids is 2. The Morgan fingerprint density at radius 3 is 2.50 bits per heavy atom. The highest BCUT2D eigenvalue weighted by Crippen LogP contribution is 2.25. The molecular weight excluding hydrogens is 334 g/mol. The van der Waals surface area contributed by atoms with E-state index in [1.165, 1.54) is 23.0 Å². The maximum absolute atomic E-state index is 12.6. The van der Waals surface area contributed by atoms with E-state index in [1.807, 2.05) is 31.0 Å². The molecule has 3 rings (SSSR count). The van der Waals surface area contributed by atoms with Crippen molar-refractivity contribution in [3.05, 3.63) is 34.7 Å². The van der Waals surface area contributed by atoms with E-state index in [1.54, 1.807) is 14.0 Å². The van der Waals surface area contributed by atoms with Crippen LogP contribution in [0.5, 0.6) is 0 Å². The number of aromatic amines is 1. The van der Waals surface area contributed by atoms with Crippen LogP contribution in [-0.4, -0.2) is 52.0 Å². The van der Waals surface area contributed by atoms with Gasteiger partial charge in [0.05, 0.1) is 16.7 Å². The van der Waals surface area contributed by atoms with Gasteiger partial charge in [-0.2, -0.15) is 0 Å². The Hall–Kier alpha value is -3.03. The molecule has 138 valence electrons. The second-order valence-electron chi connectivity index (χ2n) is 6.59. The first kappa shape index (κ1) is 17.8. The van der Waals surface area contributed by atoms with Crippen LogP contribution in [0.15, 0.2) is 23.6 Å². The Morgan fingerprint density at radius 2 is 1.85 bits per heavy atom. The topological polar surface area (TPSA) is 90.6 Å². The van der Waals surface area contributed by atoms with Crippen molar-refractivity contribution in [3.8, 4) is 0 Å². The standard InChI is InChI=1S/C18H23N5O3/c1-9-7-13-14(8-10(9)2)20-17(19-13)21-18-22(5)11(3)15(26-12(4)24)16(25)23(18)6/h7-8,18H,1-6H3,(H2,19,20,21). The van der Waals surface area contributed by atoms with Crippen molar-refractivity contribution in [1.29, 1.82) is 0 Å². The molecule has 0 fully saturated rings. The van der Waals surface area contributed by atoms with E-state index in [9.17, 15) is 9.59 Å².